The van der Waals surface area contributed by atoms with Gasteiger partial charge in [-0.1, -0.05) is 44.2 Å². The number of allylic oxidation sites excluding steroid dienone is 2. The number of halogens is 2. The predicted octanol–water partition coefficient (Wildman–Crippen LogP) is 7.77. The van der Waals surface area contributed by atoms with Gasteiger partial charge < -0.3 is 19.9 Å². The molecule has 4 aromatic rings. The van der Waals surface area contributed by atoms with Crippen LogP contribution in [0.25, 0.3) is 5.57 Å². The number of nitrogen functional groups attached to an aromatic ring is 1. The summed E-state index contributed by atoms with van der Waals surface area (Å²) in [6.07, 6.45) is 7.31. The number of hydrogen-bond acceptors (Lipinski definition) is 10. The second kappa shape index (κ2) is 19.5. The van der Waals surface area contributed by atoms with Crippen molar-refractivity contribution in [2.45, 2.75) is 58.7 Å². The number of ether oxygens (including phenoxy) is 3. The Morgan fingerprint density at radius 1 is 1.06 bits per heavy atom. The van der Waals surface area contributed by atoms with Gasteiger partial charge in [0.1, 0.15) is 24.3 Å². The van der Waals surface area contributed by atoms with Crippen LogP contribution in [-0.2, 0) is 37.7 Å². The van der Waals surface area contributed by atoms with Gasteiger partial charge in [-0.15, -0.1) is 11.8 Å². The Bertz CT molecular complexity index is 1900. The largest absolute Gasteiger partial charge is 0.462 e. The van der Waals surface area contributed by atoms with Crippen molar-refractivity contribution in [1.29, 1.82) is 0 Å². The number of rotatable bonds is 12. The summed E-state index contributed by atoms with van der Waals surface area (Å²) < 4.78 is 46.9. The van der Waals surface area contributed by atoms with Crippen LogP contribution < -0.4 is 5.73 Å². The summed E-state index contributed by atoms with van der Waals surface area (Å²) in [4.78, 5) is 31.2. The number of esters is 2. The van der Waals surface area contributed by atoms with Gasteiger partial charge in [-0.25, -0.2) is 23.2 Å². The van der Waals surface area contributed by atoms with E-state index >= 15 is 4.39 Å². The molecule has 0 spiro atoms. The Morgan fingerprint density at radius 2 is 1.80 bits per heavy atom. The molecule has 0 amide bonds. The first-order valence-corrected chi connectivity index (χ1v) is 18.9. The molecule has 0 saturated carbocycles. The third-order valence-electron chi connectivity index (χ3n) is 9.22. The van der Waals surface area contributed by atoms with Crippen LogP contribution in [0.5, 0.6) is 0 Å². The number of anilines is 1. The lowest BCUT2D eigenvalue weighted by atomic mass is 9.80. The van der Waals surface area contributed by atoms with Crippen molar-refractivity contribution >= 4 is 35.0 Å². The van der Waals surface area contributed by atoms with Gasteiger partial charge in [-0.05, 0) is 82.7 Å². The van der Waals surface area contributed by atoms with E-state index in [9.17, 15) is 14.0 Å². The number of morpholine rings is 1. The van der Waals surface area contributed by atoms with Gasteiger partial charge in [0.15, 0.2) is 5.60 Å². The number of carbonyl (C=O) groups excluding carboxylic acids is 2. The average molecular weight is 760 g/mol. The Hall–Kier alpha value is -4.85. The van der Waals surface area contributed by atoms with E-state index in [2.05, 4.69) is 26.5 Å². The SMILES string of the molecule is CC(=O)O[C@@](Cn1cncn1)(c1ccc(F)cc1F)[C@@H](C)C1=CCCC(c2ccc(N)cc2)=CS1.CCCOC(=O)c1ccc(CN2CCOCC2)cc1. The Balaban J connectivity index is 0.000000249. The number of aromatic nitrogens is 3. The molecule has 286 valence electrons. The molecule has 1 fully saturated rings. The van der Waals surface area contributed by atoms with E-state index < -0.39 is 29.1 Å². The zero-order chi connectivity index (χ0) is 38.5. The molecule has 0 bridgehead atoms. The molecule has 1 saturated heterocycles. The van der Waals surface area contributed by atoms with E-state index in [4.69, 9.17) is 19.9 Å². The Labute approximate surface area is 319 Å². The van der Waals surface area contributed by atoms with Crippen molar-refractivity contribution in [1.82, 2.24) is 19.7 Å². The maximum Gasteiger partial charge on any atom is 0.338 e. The fraction of sp³-hybridized carbons (Fsp3) is 0.366. The zero-order valence-electron chi connectivity index (χ0n) is 30.9. The number of carbonyl (C=O) groups is 2. The minimum Gasteiger partial charge on any atom is -0.462 e. The third-order valence-corrected chi connectivity index (χ3v) is 10.4. The Morgan fingerprint density at radius 3 is 2.44 bits per heavy atom. The highest BCUT2D eigenvalue weighted by molar-refractivity contribution is 8.06. The maximum atomic E-state index is 15.2. The zero-order valence-corrected chi connectivity index (χ0v) is 31.7. The van der Waals surface area contributed by atoms with Crippen LogP contribution >= 0.6 is 11.8 Å². The molecule has 54 heavy (non-hydrogen) atoms. The first-order chi connectivity index (χ1) is 26.1. The number of benzene rings is 3. The lowest BCUT2D eigenvalue weighted by Gasteiger charge is -2.39. The molecule has 2 aliphatic rings. The molecular weight excluding hydrogens is 713 g/mol. The van der Waals surface area contributed by atoms with E-state index in [0.29, 0.717) is 17.9 Å². The molecule has 6 rings (SSSR count). The molecule has 1 aromatic heterocycles. The fourth-order valence-electron chi connectivity index (χ4n) is 6.35. The summed E-state index contributed by atoms with van der Waals surface area (Å²) in [7, 11) is 0. The van der Waals surface area contributed by atoms with Crippen molar-refractivity contribution in [2.75, 3.05) is 38.6 Å². The van der Waals surface area contributed by atoms with Crippen LogP contribution in [0.3, 0.4) is 0 Å². The smallest absolute Gasteiger partial charge is 0.338 e. The van der Waals surface area contributed by atoms with Gasteiger partial charge in [-0.3, -0.25) is 9.69 Å². The lowest BCUT2D eigenvalue weighted by Crippen LogP contribution is -2.43. The lowest BCUT2D eigenvalue weighted by molar-refractivity contribution is -0.166. The summed E-state index contributed by atoms with van der Waals surface area (Å²) >= 11 is 1.50. The van der Waals surface area contributed by atoms with Crippen LogP contribution in [0.1, 0.15) is 67.1 Å². The summed E-state index contributed by atoms with van der Waals surface area (Å²) in [5, 5.41) is 6.22. The standard InChI is InChI=1S/C26H26F2N4O2S.C15H21NO3/c1-17(25-5-3-4-20(13-35-25)19-6-9-22(29)10-7-19)26(34-18(2)33,14-32-16-30-15-31-32)23-11-8-21(27)12-24(23)28;1-2-9-19-15(17)14-5-3-13(4-6-14)12-16-7-10-18-11-8-16/h5-13,15-17H,3-4,14,29H2,1-2H3;3-6H,2,7-12H2,1H3/t17-,26+;/m0./s1. The van der Waals surface area contributed by atoms with Crippen molar-refractivity contribution in [3.8, 4) is 0 Å². The van der Waals surface area contributed by atoms with E-state index in [1.165, 1.54) is 53.7 Å². The maximum absolute atomic E-state index is 15.2. The molecule has 2 aliphatic heterocycles. The highest BCUT2D eigenvalue weighted by Gasteiger charge is 2.46. The topological polar surface area (TPSA) is 122 Å². The molecule has 0 radical (unpaired) electrons. The van der Waals surface area contributed by atoms with Crippen LogP contribution in [0, 0.1) is 17.6 Å². The molecule has 2 N–H and O–H groups in total. The van der Waals surface area contributed by atoms with Gasteiger partial charge in [0.25, 0.3) is 0 Å². The van der Waals surface area contributed by atoms with Crippen LogP contribution in [0.2, 0.25) is 0 Å². The van der Waals surface area contributed by atoms with Gasteiger partial charge in [0.2, 0.25) is 0 Å². The summed E-state index contributed by atoms with van der Waals surface area (Å²) in [5.74, 6) is -2.81. The summed E-state index contributed by atoms with van der Waals surface area (Å²) in [5.41, 5.74) is 9.17. The molecule has 10 nitrogen and oxygen atoms in total. The fourth-order valence-corrected chi connectivity index (χ4v) is 7.49. The van der Waals surface area contributed by atoms with Crippen molar-refractivity contribution in [3.05, 3.63) is 130 Å². The third kappa shape index (κ3) is 10.9. The van der Waals surface area contributed by atoms with Crippen molar-refractivity contribution in [3.63, 3.8) is 0 Å². The van der Waals surface area contributed by atoms with E-state index in [-0.39, 0.29) is 18.1 Å². The second-order valence-electron chi connectivity index (χ2n) is 13.2. The van der Waals surface area contributed by atoms with Gasteiger partial charge in [-0.2, -0.15) is 5.10 Å². The minimum absolute atomic E-state index is 0.00271. The van der Waals surface area contributed by atoms with E-state index in [0.717, 1.165) is 74.2 Å². The van der Waals surface area contributed by atoms with Crippen molar-refractivity contribution < 1.29 is 32.6 Å². The first kappa shape index (κ1) is 40.3. The van der Waals surface area contributed by atoms with E-state index in [1.807, 2.05) is 62.4 Å². The summed E-state index contributed by atoms with van der Waals surface area (Å²) in [6, 6.07) is 18.7. The quantitative estimate of drug-likeness (QED) is 0.113. The van der Waals surface area contributed by atoms with Crippen LogP contribution in [-0.4, -0.2) is 64.5 Å². The normalized spacial score (nSPS) is 16.4. The van der Waals surface area contributed by atoms with Crippen LogP contribution in [0.15, 0.2) is 95.8 Å². The number of hydrogen-bond donors (Lipinski definition) is 1. The van der Waals surface area contributed by atoms with Crippen LogP contribution in [0.4, 0.5) is 14.5 Å². The van der Waals surface area contributed by atoms with Crippen molar-refractivity contribution in [2.24, 2.45) is 5.92 Å². The second-order valence-corrected chi connectivity index (χ2v) is 14.1. The minimum atomic E-state index is -1.49. The van der Waals surface area contributed by atoms with Gasteiger partial charge in [0.05, 0.1) is 31.9 Å². The van der Waals surface area contributed by atoms with Gasteiger partial charge >= 0.3 is 11.9 Å². The molecular formula is C41H47F2N5O5S. The predicted molar refractivity (Wildman–Crippen MR) is 206 cm³/mol. The number of nitrogens with two attached hydrogens (primary N) is 1. The molecule has 13 heteroatoms. The first-order valence-electron chi connectivity index (χ1n) is 18.0. The average Bonchev–Trinajstić information content (AvgIpc) is 3.55. The molecule has 0 aliphatic carbocycles. The highest BCUT2D eigenvalue weighted by Crippen LogP contribution is 2.46. The molecule has 0 unspecified atom stereocenters. The molecule has 2 atom stereocenters. The van der Waals surface area contributed by atoms with Gasteiger partial charge in [0, 0.05) is 49.8 Å². The number of nitrogens with zero attached hydrogens (tertiary/aromatic N) is 4. The Kier molecular flexibility index (Phi) is 14.5. The summed E-state index contributed by atoms with van der Waals surface area (Å²) in [6.45, 7) is 10.1. The molecule has 3 aromatic carbocycles. The highest BCUT2D eigenvalue weighted by atomic mass is 32.2. The van der Waals surface area contributed by atoms with E-state index in [1.54, 1.807) is 0 Å². The number of thioether (sulfide) groups is 1. The monoisotopic (exact) mass is 759 g/mol. The molecule has 3 heterocycles.